The average Bonchev–Trinajstić information content (AvgIpc) is 2.84. The number of amides is 1. The van der Waals surface area contributed by atoms with E-state index in [2.05, 4.69) is 5.10 Å². The number of rotatable bonds is 2. The first kappa shape index (κ1) is 12.5. The molecule has 2 N–H and O–H groups in total. The Hall–Kier alpha value is -1.56. The van der Waals surface area contributed by atoms with E-state index in [0.29, 0.717) is 18.8 Å². The van der Waals surface area contributed by atoms with Gasteiger partial charge in [0, 0.05) is 13.1 Å². The van der Waals surface area contributed by atoms with Crippen molar-refractivity contribution >= 4 is 11.6 Å². The highest BCUT2D eigenvalue weighted by Crippen LogP contribution is 2.26. The Bertz CT molecular complexity index is 499. The van der Waals surface area contributed by atoms with Gasteiger partial charge in [-0.2, -0.15) is 5.10 Å². The molecule has 3 rings (SSSR count). The summed E-state index contributed by atoms with van der Waals surface area (Å²) < 4.78 is 7.44. The van der Waals surface area contributed by atoms with Gasteiger partial charge in [0.25, 0.3) is 0 Å². The largest absolute Gasteiger partial charge is 0.396 e. The summed E-state index contributed by atoms with van der Waals surface area (Å²) in [4.78, 5) is 14.2. The van der Waals surface area contributed by atoms with Crippen molar-refractivity contribution in [1.82, 2.24) is 14.7 Å². The number of morpholine rings is 1. The van der Waals surface area contributed by atoms with Gasteiger partial charge in [-0.1, -0.05) is 0 Å². The van der Waals surface area contributed by atoms with E-state index in [-0.39, 0.29) is 24.7 Å². The van der Waals surface area contributed by atoms with E-state index in [4.69, 9.17) is 10.5 Å². The Morgan fingerprint density at radius 3 is 2.53 bits per heavy atom. The number of aromatic nitrogens is 2. The number of anilines is 1. The number of fused-ring (bicyclic) bond motifs is 2. The number of nitrogens with two attached hydrogens (primary N) is 1. The van der Waals surface area contributed by atoms with Gasteiger partial charge >= 0.3 is 0 Å². The minimum atomic E-state index is 0.103. The van der Waals surface area contributed by atoms with E-state index in [9.17, 15) is 4.79 Å². The Morgan fingerprint density at radius 1 is 1.37 bits per heavy atom. The van der Waals surface area contributed by atoms with E-state index >= 15 is 0 Å². The summed E-state index contributed by atoms with van der Waals surface area (Å²) >= 11 is 0. The number of ether oxygens (including phenoxy) is 1. The van der Waals surface area contributed by atoms with Crippen LogP contribution in [0.2, 0.25) is 0 Å². The Morgan fingerprint density at radius 2 is 2.00 bits per heavy atom. The molecule has 0 spiro atoms. The Labute approximate surface area is 112 Å². The van der Waals surface area contributed by atoms with Gasteiger partial charge in [0.15, 0.2) is 0 Å². The zero-order valence-electron chi connectivity index (χ0n) is 11.4. The third-order valence-corrected chi connectivity index (χ3v) is 4.12. The molecule has 104 valence electrons. The van der Waals surface area contributed by atoms with Crippen molar-refractivity contribution in [1.29, 1.82) is 0 Å². The van der Waals surface area contributed by atoms with Crippen LogP contribution >= 0.6 is 0 Å². The van der Waals surface area contributed by atoms with Crippen LogP contribution in [-0.4, -0.2) is 45.9 Å². The molecule has 1 amide bonds. The maximum Gasteiger partial charge on any atom is 0.244 e. The number of nitrogens with zero attached hydrogens (tertiary/aromatic N) is 3. The zero-order chi connectivity index (χ0) is 13.6. The van der Waals surface area contributed by atoms with Crippen molar-refractivity contribution in [3.63, 3.8) is 0 Å². The molecule has 3 heterocycles. The van der Waals surface area contributed by atoms with E-state index in [0.717, 1.165) is 24.2 Å². The SMILES string of the molecule is Cc1nn(CC(=O)N2CC3CCC(C2)O3)c(C)c1N. The summed E-state index contributed by atoms with van der Waals surface area (Å²) in [6.45, 7) is 5.45. The van der Waals surface area contributed by atoms with Crippen LogP contribution in [0.1, 0.15) is 24.2 Å². The minimum absolute atomic E-state index is 0.103. The topological polar surface area (TPSA) is 73.4 Å². The molecule has 0 saturated carbocycles. The summed E-state index contributed by atoms with van der Waals surface area (Å²) in [6.07, 6.45) is 2.60. The third-order valence-electron chi connectivity index (χ3n) is 4.12. The normalized spacial score (nSPS) is 25.9. The van der Waals surface area contributed by atoms with E-state index < -0.39 is 0 Å². The van der Waals surface area contributed by atoms with Gasteiger partial charge in [0.1, 0.15) is 6.54 Å². The molecular weight excluding hydrogens is 244 g/mol. The molecule has 2 saturated heterocycles. The molecule has 1 aromatic rings. The molecule has 0 aliphatic carbocycles. The summed E-state index contributed by atoms with van der Waals surface area (Å²) in [5.74, 6) is 0.103. The molecule has 2 fully saturated rings. The highest BCUT2D eigenvalue weighted by molar-refractivity contribution is 5.76. The molecule has 2 atom stereocenters. The smallest absolute Gasteiger partial charge is 0.244 e. The number of hydrogen-bond acceptors (Lipinski definition) is 4. The molecular formula is C13H20N4O2. The lowest BCUT2D eigenvalue weighted by Gasteiger charge is -2.32. The molecule has 2 aliphatic heterocycles. The predicted molar refractivity (Wildman–Crippen MR) is 70.6 cm³/mol. The highest BCUT2D eigenvalue weighted by Gasteiger charge is 2.35. The van der Waals surface area contributed by atoms with Crippen LogP contribution in [0.4, 0.5) is 5.69 Å². The highest BCUT2D eigenvalue weighted by atomic mass is 16.5. The maximum absolute atomic E-state index is 12.3. The molecule has 6 heteroatoms. The van der Waals surface area contributed by atoms with Gasteiger partial charge in [-0.25, -0.2) is 0 Å². The maximum atomic E-state index is 12.3. The van der Waals surface area contributed by atoms with Crippen molar-refractivity contribution in [2.75, 3.05) is 18.8 Å². The van der Waals surface area contributed by atoms with Crippen molar-refractivity contribution in [2.45, 2.75) is 45.4 Å². The summed E-state index contributed by atoms with van der Waals surface area (Å²) in [6, 6.07) is 0. The van der Waals surface area contributed by atoms with Gasteiger partial charge < -0.3 is 15.4 Å². The second kappa shape index (κ2) is 4.52. The standard InChI is InChI=1S/C13H20N4O2/c1-8-13(14)9(2)17(15-8)7-12(18)16-5-10-3-4-11(6-16)19-10/h10-11H,3-7,14H2,1-2H3. The quantitative estimate of drug-likeness (QED) is 0.843. The fraction of sp³-hybridized carbons (Fsp3) is 0.692. The summed E-state index contributed by atoms with van der Waals surface area (Å²) in [5.41, 5.74) is 8.21. The van der Waals surface area contributed by atoms with E-state index in [1.807, 2.05) is 18.7 Å². The number of hydrogen-bond donors (Lipinski definition) is 1. The summed E-state index contributed by atoms with van der Waals surface area (Å²) in [7, 11) is 0. The number of carbonyl (C=O) groups excluding carboxylic acids is 1. The van der Waals surface area contributed by atoms with Crippen molar-refractivity contribution in [2.24, 2.45) is 0 Å². The minimum Gasteiger partial charge on any atom is -0.396 e. The van der Waals surface area contributed by atoms with Crippen molar-refractivity contribution in [3.05, 3.63) is 11.4 Å². The second-order valence-corrected chi connectivity index (χ2v) is 5.50. The molecule has 1 aromatic heterocycles. The van der Waals surface area contributed by atoms with Crippen LogP contribution in [0.3, 0.4) is 0 Å². The molecule has 19 heavy (non-hydrogen) atoms. The summed E-state index contributed by atoms with van der Waals surface area (Å²) in [5, 5.41) is 4.31. The van der Waals surface area contributed by atoms with Gasteiger partial charge in [-0.15, -0.1) is 0 Å². The average molecular weight is 264 g/mol. The fourth-order valence-electron chi connectivity index (χ4n) is 2.91. The number of nitrogen functional groups attached to an aromatic ring is 1. The number of aryl methyl sites for hydroxylation is 1. The van der Waals surface area contributed by atoms with Gasteiger partial charge in [0.05, 0.1) is 29.3 Å². The van der Waals surface area contributed by atoms with Crippen LogP contribution in [0.25, 0.3) is 0 Å². The zero-order valence-corrected chi connectivity index (χ0v) is 11.4. The predicted octanol–water partition coefficient (Wildman–Crippen LogP) is 0.472. The lowest BCUT2D eigenvalue weighted by molar-refractivity contribution is -0.140. The van der Waals surface area contributed by atoms with Crippen LogP contribution in [0, 0.1) is 13.8 Å². The molecule has 0 aromatic carbocycles. The lowest BCUT2D eigenvalue weighted by Crippen LogP contribution is -2.47. The van der Waals surface area contributed by atoms with Gasteiger partial charge in [-0.05, 0) is 26.7 Å². The van der Waals surface area contributed by atoms with E-state index in [1.54, 1.807) is 4.68 Å². The monoisotopic (exact) mass is 264 g/mol. The molecule has 0 radical (unpaired) electrons. The lowest BCUT2D eigenvalue weighted by atomic mass is 10.2. The Balaban J connectivity index is 1.69. The van der Waals surface area contributed by atoms with Crippen LogP contribution < -0.4 is 5.73 Å². The van der Waals surface area contributed by atoms with Crippen molar-refractivity contribution in [3.8, 4) is 0 Å². The molecule has 2 aliphatic rings. The van der Waals surface area contributed by atoms with Crippen LogP contribution in [0.5, 0.6) is 0 Å². The molecule has 2 unspecified atom stereocenters. The first-order chi connectivity index (χ1) is 9.04. The number of carbonyl (C=O) groups is 1. The first-order valence-electron chi connectivity index (χ1n) is 6.77. The van der Waals surface area contributed by atoms with Crippen LogP contribution in [-0.2, 0) is 16.1 Å². The first-order valence-corrected chi connectivity index (χ1v) is 6.77. The second-order valence-electron chi connectivity index (χ2n) is 5.50. The number of likely N-dealkylation sites (tertiary alicyclic amines) is 1. The molecule has 6 nitrogen and oxygen atoms in total. The van der Waals surface area contributed by atoms with E-state index in [1.165, 1.54) is 0 Å². The van der Waals surface area contributed by atoms with Gasteiger partial charge in [0.2, 0.25) is 5.91 Å². The third kappa shape index (κ3) is 2.20. The van der Waals surface area contributed by atoms with Crippen molar-refractivity contribution < 1.29 is 9.53 Å². The molecule has 2 bridgehead atoms. The van der Waals surface area contributed by atoms with Crippen LogP contribution in [0.15, 0.2) is 0 Å². The Kier molecular flexibility index (Phi) is 2.97. The van der Waals surface area contributed by atoms with Gasteiger partial charge in [-0.3, -0.25) is 9.48 Å². The fourth-order valence-corrected chi connectivity index (χ4v) is 2.91.